The van der Waals surface area contributed by atoms with Crippen LogP contribution in [0.5, 0.6) is 5.75 Å². The standard InChI is InChI=1S/C23H22O5/c1-26-22(25)21-18(15-24)19-12-13-23(21,28-19)20(14-16-8-4-2-5-9-16)27-17-10-6-3-7-11-17/h2-13,19-20,24H,14-15H2,1H3. The summed E-state index contributed by atoms with van der Waals surface area (Å²) in [4.78, 5) is 12.6. The van der Waals surface area contributed by atoms with E-state index in [0.29, 0.717) is 23.3 Å². The zero-order valence-corrected chi connectivity index (χ0v) is 15.6. The maximum atomic E-state index is 12.6. The summed E-state index contributed by atoms with van der Waals surface area (Å²) in [6, 6.07) is 19.3. The minimum atomic E-state index is -1.11. The van der Waals surface area contributed by atoms with Crippen molar-refractivity contribution in [3.63, 3.8) is 0 Å². The molecule has 4 rings (SSSR count). The third kappa shape index (κ3) is 3.13. The number of hydrogen-bond acceptors (Lipinski definition) is 5. The molecule has 0 saturated carbocycles. The number of para-hydroxylation sites is 1. The second kappa shape index (κ2) is 7.62. The van der Waals surface area contributed by atoms with Gasteiger partial charge in [-0.25, -0.2) is 4.79 Å². The smallest absolute Gasteiger partial charge is 0.337 e. The Balaban J connectivity index is 1.77. The Morgan fingerprint density at radius 2 is 1.82 bits per heavy atom. The fourth-order valence-electron chi connectivity index (χ4n) is 3.92. The second-order valence-electron chi connectivity index (χ2n) is 6.85. The molecule has 0 aromatic heterocycles. The molecule has 144 valence electrons. The van der Waals surface area contributed by atoms with Crippen LogP contribution in [0, 0.1) is 0 Å². The number of fused-ring (bicyclic) bond motifs is 2. The van der Waals surface area contributed by atoms with E-state index < -0.39 is 23.8 Å². The van der Waals surface area contributed by atoms with Gasteiger partial charge in [-0.2, -0.15) is 0 Å². The van der Waals surface area contributed by atoms with Gasteiger partial charge >= 0.3 is 5.97 Å². The number of rotatable bonds is 7. The van der Waals surface area contributed by atoms with Gasteiger partial charge in [0, 0.05) is 12.0 Å². The van der Waals surface area contributed by atoms with Crippen molar-refractivity contribution in [3.8, 4) is 5.75 Å². The first-order valence-corrected chi connectivity index (χ1v) is 9.23. The number of ether oxygens (including phenoxy) is 3. The topological polar surface area (TPSA) is 65.0 Å². The van der Waals surface area contributed by atoms with Crippen molar-refractivity contribution in [3.05, 3.63) is 89.5 Å². The molecule has 0 aliphatic carbocycles. The van der Waals surface area contributed by atoms with E-state index in [0.717, 1.165) is 5.56 Å². The molecule has 5 heteroatoms. The first-order chi connectivity index (χ1) is 13.7. The highest BCUT2D eigenvalue weighted by Crippen LogP contribution is 2.47. The molecule has 0 fully saturated rings. The fourth-order valence-corrected chi connectivity index (χ4v) is 3.92. The Bertz CT molecular complexity index is 862. The Labute approximate surface area is 163 Å². The van der Waals surface area contributed by atoms with Crippen LogP contribution in [-0.2, 0) is 20.7 Å². The van der Waals surface area contributed by atoms with Crippen LogP contribution in [0.2, 0.25) is 0 Å². The van der Waals surface area contributed by atoms with Crippen LogP contribution >= 0.6 is 0 Å². The van der Waals surface area contributed by atoms with E-state index in [2.05, 4.69) is 0 Å². The van der Waals surface area contributed by atoms with Crippen LogP contribution in [0.4, 0.5) is 0 Å². The largest absolute Gasteiger partial charge is 0.486 e. The van der Waals surface area contributed by atoms with E-state index in [1.165, 1.54) is 7.11 Å². The zero-order chi connectivity index (χ0) is 19.6. The maximum absolute atomic E-state index is 12.6. The number of methoxy groups -OCH3 is 1. The van der Waals surface area contributed by atoms with Crippen molar-refractivity contribution in [2.24, 2.45) is 0 Å². The normalized spacial score (nSPS) is 23.7. The molecule has 2 heterocycles. The van der Waals surface area contributed by atoms with Gasteiger partial charge in [0.2, 0.25) is 0 Å². The van der Waals surface area contributed by atoms with E-state index >= 15 is 0 Å². The fraction of sp³-hybridized carbons (Fsp3) is 0.261. The summed E-state index contributed by atoms with van der Waals surface area (Å²) in [5.41, 5.74) is 0.812. The summed E-state index contributed by atoms with van der Waals surface area (Å²) in [6.07, 6.45) is 3.28. The van der Waals surface area contributed by atoms with Crippen LogP contribution in [0.3, 0.4) is 0 Å². The first-order valence-electron chi connectivity index (χ1n) is 9.23. The molecule has 1 N–H and O–H groups in total. The summed E-state index contributed by atoms with van der Waals surface area (Å²) < 4.78 is 17.6. The number of aliphatic hydroxyl groups excluding tert-OH is 1. The van der Waals surface area contributed by atoms with Crippen molar-refractivity contribution >= 4 is 5.97 Å². The van der Waals surface area contributed by atoms with E-state index in [4.69, 9.17) is 14.2 Å². The molecule has 2 aliphatic heterocycles. The van der Waals surface area contributed by atoms with Crippen LogP contribution in [0.1, 0.15) is 5.56 Å². The minimum Gasteiger partial charge on any atom is -0.486 e. The van der Waals surface area contributed by atoms with Crippen molar-refractivity contribution in [2.45, 2.75) is 24.2 Å². The monoisotopic (exact) mass is 378 g/mol. The Hall–Kier alpha value is -2.89. The van der Waals surface area contributed by atoms with E-state index in [1.54, 1.807) is 0 Å². The molecular weight excluding hydrogens is 356 g/mol. The number of carbonyl (C=O) groups is 1. The number of carbonyl (C=O) groups excluding carboxylic acids is 1. The molecule has 0 spiro atoms. The molecule has 28 heavy (non-hydrogen) atoms. The van der Waals surface area contributed by atoms with Crippen molar-refractivity contribution < 1.29 is 24.1 Å². The average molecular weight is 378 g/mol. The molecule has 3 atom stereocenters. The lowest BCUT2D eigenvalue weighted by molar-refractivity contribution is -0.139. The maximum Gasteiger partial charge on any atom is 0.337 e. The minimum absolute atomic E-state index is 0.273. The molecule has 2 aromatic carbocycles. The van der Waals surface area contributed by atoms with Gasteiger partial charge in [0.05, 0.1) is 19.3 Å². The highest BCUT2D eigenvalue weighted by Gasteiger charge is 2.57. The SMILES string of the molecule is COC(=O)C1=C(CO)C2C=CC1(C(Cc1ccccc1)Oc1ccccc1)O2. The molecule has 2 aromatic rings. The quantitative estimate of drug-likeness (QED) is 0.593. The molecule has 5 nitrogen and oxygen atoms in total. The van der Waals surface area contributed by atoms with Crippen molar-refractivity contribution in [1.29, 1.82) is 0 Å². The van der Waals surface area contributed by atoms with E-state index in [9.17, 15) is 9.90 Å². The van der Waals surface area contributed by atoms with Crippen molar-refractivity contribution in [1.82, 2.24) is 0 Å². The highest BCUT2D eigenvalue weighted by molar-refractivity contribution is 5.94. The summed E-state index contributed by atoms with van der Waals surface area (Å²) in [7, 11) is 1.33. The van der Waals surface area contributed by atoms with Crippen LogP contribution in [0.15, 0.2) is 84.0 Å². The molecule has 0 amide bonds. The van der Waals surface area contributed by atoms with Crippen LogP contribution in [0.25, 0.3) is 0 Å². The first kappa shape index (κ1) is 18.5. The van der Waals surface area contributed by atoms with Gasteiger partial charge in [0.25, 0.3) is 0 Å². The van der Waals surface area contributed by atoms with Gasteiger partial charge in [-0.3, -0.25) is 0 Å². The molecule has 0 saturated heterocycles. The number of esters is 1. The van der Waals surface area contributed by atoms with Gasteiger partial charge in [-0.1, -0.05) is 54.6 Å². The highest BCUT2D eigenvalue weighted by atomic mass is 16.6. The number of benzene rings is 2. The lowest BCUT2D eigenvalue weighted by Crippen LogP contribution is -2.48. The molecule has 2 aliphatic rings. The van der Waals surface area contributed by atoms with Crippen molar-refractivity contribution in [2.75, 3.05) is 13.7 Å². The third-order valence-corrected chi connectivity index (χ3v) is 5.22. The molecule has 0 radical (unpaired) electrons. The summed E-state index contributed by atoms with van der Waals surface area (Å²) in [5.74, 6) is 0.172. The van der Waals surface area contributed by atoms with Gasteiger partial charge in [-0.15, -0.1) is 0 Å². The second-order valence-corrected chi connectivity index (χ2v) is 6.85. The number of aliphatic hydroxyl groups is 1. The number of hydrogen-bond donors (Lipinski definition) is 1. The van der Waals surface area contributed by atoms with Gasteiger partial charge in [0.15, 0.2) is 5.60 Å². The third-order valence-electron chi connectivity index (χ3n) is 5.22. The average Bonchev–Trinajstić information content (AvgIpc) is 3.32. The van der Waals surface area contributed by atoms with E-state index in [1.807, 2.05) is 72.8 Å². The molecule has 3 unspecified atom stereocenters. The van der Waals surface area contributed by atoms with Crippen LogP contribution in [-0.4, -0.2) is 42.6 Å². The summed E-state index contributed by atoms with van der Waals surface area (Å²) >= 11 is 0. The molecular formula is C23H22O5. The van der Waals surface area contributed by atoms with Gasteiger partial charge < -0.3 is 19.3 Å². The Morgan fingerprint density at radius 1 is 1.14 bits per heavy atom. The predicted molar refractivity (Wildman–Crippen MR) is 104 cm³/mol. The van der Waals surface area contributed by atoms with E-state index in [-0.39, 0.29) is 6.61 Å². The van der Waals surface area contributed by atoms with Gasteiger partial charge in [0.1, 0.15) is 18.0 Å². The molecule has 2 bridgehead atoms. The van der Waals surface area contributed by atoms with Crippen LogP contribution < -0.4 is 4.74 Å². The summed E-state index contributed by atoms with van der Waals surface area (Å²) in [5, 5.41) is 9.86. The summed E-state index contributed by atoms with van der Waals surface area (Å²) in [6.45, 7) is -0.273. The lowest BCUT2D eigenvalue weighted by atomic mass is 9.80. The Kier molecular flexibility index (Phi) is 5.03. The Morgan fingerprint density at radius 3 is 2.46 bits per heavy atom. The van der Waals surface area contributed by atoms with Gasteiger partial charge in [-0.05, 0) is 23.8 Å². The zero-order valence-electron chi connectivity index (χ0n) is 15.6. The predicted octanol–water partition coefficient (Wildman–Crippen LogP) is 2.85. The lowest BCUT2D eigenvalue weighted by Gasteiger charge is -2.35.